The van der Waals surface area contributed by atoms with E-state index in [1.165, 1.54) is 11.8 Å². The summed E-state index contributed by atoms with van der Waals surface area (Å²) in [6.07, 6.45) is 2.90. The maximum absolute atomic E-state index is 14.6. The van der Waals surface area contributed by atoms with Gasteiger partial charge in [0, 0.05) is 76.3 Å². The Bertz CT molecular complexity index is 1660. The van der Waals surface area contributed by atoms with Crippen molar-refractivity contribution >= 4 is 62.0 Å². The van der Waals surface area contributed by atoms with Crippen LogP contribution in [-0.4, -0.2) is 82.6 Å². The Hall–Kier alpha value is -2.82. The van der Waals surface area contributed by atoms with E-state index in [0.717, 1.165) is 76.1 Å². The number of carbonyl (C=O) groups is 2. The number of hydrogen-bond acceptors (Lipinski definition) is 5. The summed E-state index contributed by atoms with van der Waals surface area (Å²) in [4.78, 5) is 39.8. The van der Waals surface area contributed by atoms with Crippen LogP contribution in [-0.2, 0) is 16.1 Å². The molecule has 2 N–H and O–H groups in total. The van der Waals surface area contributed by atoms with Crippen molar-refractivity contribution in [3.63, 3.8) is 0 Å². The summed E-state index contributed by atoms with van der Waals surface area (Å²) in [5.74, 6) is -0.148. The fourth-order valence-corrected chi connectivity index (χ4v) is 8.29. The molecule has 2 unspecified atom stereocenters. The second kappa shape index (κ2) is 13.9. The Morgan fingerprint density at radius 1 is 1.07 bits per heavy atom. The van der Waals surface area contributed by atoms with Gasteiger partial charge in [-0.1, -0.05) is 63.4 Å². The van der Waals surface area contributed by atoms with Gasteiger partial charge in [-0.2, -0.15) is 0 Å². The number of fused-ring (bicyclic) bond motifs is 1. The monoisotopic (exact) mass is 707 g/mol. The molecule has 0 saturated carbocycles. The van der Waals surface area contributed by atoms with E-state index in [1.54, 1.807) is 0 Å². The van der Waals surface area contributed by atoms with Crippen LogP contribution in [0, 0.1) is 6.92 Å². The molecule has 6 rings (SSSR count). The third-order valence-corrected chi connectivity index (χ3v) is 11.2. The molecule has 2 aliphatic heterocycles. The average Bonchev–Trinajstić information content (AvgIpc) is 3.55. The molecule has 2 amide bonds. The van der Waals surface area contributed by atoms with Crippen LogP contribution in [0.4, 0.5) is 0 Å². The van der Waals surface area contributed by atoms with Crippen LogP contribution in [0.15, 0.2) is 82.3 Å². The summed E-state index contributed by atoms with van der Waals surface area (Å²) in [6, 6.07) is 21.5. The molecule has 0 radical (unpaired) electrons. The molecule has 3 heterocycles. The number of amides is 2. The normalized spacial score (nSPS) is 21.1. The Balaban J connectivity index is 1.36. The first kappa shape index (κ1) is 32.1. The minimum Gasteiger partial charge on any atom is -0.361 e. The van der Waals surface area contributed by atoms with Crippen molar-refractivity contribution in [1.29, 1.82) is 0 Å². The van der Waals surface area contributed by atoms with E-state index in [1.807, 2.05) is 53.6 Å². The highest BCUT2D eigenvalue weighted by molar-refractivity contribution is 9.10. The summed E-state index contributed by atoms with van der Waals surface area (Å²) in [5.41, 5.74) is 3.94. The third kappa shape index (κ3) is 7.13. The zero-order chi connectivity index (χ0) is 31.6. The summed E-state index contributed by atoms with van der Waals surface area (Å²) >= 11 is 11.4. The molecule has 2 saturated heterocycles. The van der Waals surface area contributed by atoms with Crippen LogP contribution in [0.5, 0.6) is 0 Å². The smallest absolute Gasteiger partial charge is 0.239 e. The number of aryl methyl sites for hydroxylation is 1. The van der Waals surface area contributed by atoms with Crippen molar-refractivity contribution in [2.75, 3.05) is 46.3 Å². The van der Waals surface area contributed by atoms with E-state index in [9.17, 15) is 9.59 Å². The molecule has 2 aliphatic rings. The number of piperazine rings is 1. The first-order chi connectivity index (χ1) is 21.7. The molecule has 236 valence electrons. The number of aromatic nitrogens is 1. The maximum atomic E-state index is 14.6. The number of hydrogen-bond donors (Lipinski definition) is 2. The molecule has 3 aromatic carbocycles. The molecule has 4 aromatic rings. The van der Waals surface area contributed by atoms with Gasteiger partial charge in [-0.3, -0.25) is 9.59 Å². The van der Waals surface area contributed by atoms with Crippen LogP contribution in [0.1, 0.15) is 35.6 Å². The molecule has 0 spiro atoms. The quantitative estimate of drug-likeness (QED) is 0.181. The molecule has 2 fully saturated rings. The molecule has 45 heavy (non-hydrogen) atoms. The van der Waals surface area contributed by atoms with Gasteiger partial charge in [-0.25, -0.2) is 0 Å². The zero-order valence-electron chi connectivity index (χ0n) is 25.7. The minimum atomic E-state index is -1.09. The van der Waals surface area contributed by atoms with E-state index in [-0.39, 0.29) is 18.2 Å². The van der Waals surface area contributed by atoms with Gasteiger partial charge >= 0.3 is 0 Å². The Labute approximate surface area is 282 Å². The lowest BCUT2D eigenvalue weighted by molar-refractivity contribution is -0.129. The fraction of sp³-hybridized carbons (Fsp3) is 0.371. The Morgan fingerprint density at radius 2 is 1.80 bits per heavy atom. The topological polar surface area (TPSA) is 71.7 Å². The number of benzene rings is 3. The summed E-state index contributed by atoms with van der Waals surface area (Å²) < 4.78 is -0.117. The third-order valence-electron chi connectivity index (χ3n) is 8.96. The van der Waals surface area contributed by atoms with Gasteiger partial charge in [0.1, 0.15) is 4.75 Å². The van der Waals surface area contributed by atoms with Gasteiger partial charge in [0.15, 0.2) is 0 Å². The summed E-state index contributed by atoms with van der Waals surface area (Å²) in [6.45, 7) is 8.16. The van der Waals surface area contributed by atoms with Crippen LogP contribution in [0.2, 0.25) is 5.02 Å². The zero-order valence-corrected chi connectivity index (χ0v) is 28.9. The van der Waals surface area contributed by atoms with Gasteiger partial charge in [0.25, 0.3) is 0 Å². The first-order valence-corrected chi connectivity index (χ1v) is 17.5. The largest absolute Gasteiger partial charge is 0.361 e. The highest BCUT2D eigenvalue weighted by atomic mass is 79.9. The SMILES string of the molecule is Cc1ccc(SC2(C(=O)NCCCN3CCN(C)CC3)CC(=O)N(Cc3ccc(Br)cc3)C2c2c[nH]c3cc(Cl)ccc23)cc1. The molecule has 10 heteroatoms. The highest BCUT2D eigenvalue weighted by Gasteiger charge is 2.58. The predicted octanol–water partition coefficient (Wildman–Crippen LogP) is 6.65. The van der Waals surface area contributed by atoms with Crippen molar-refractivity contribution in [3.8, 4) is 0 Å². The summed E-state index contributed by atoms with van der Waals surface area (Å²) in [5, 5.41) is 4.88. The lowest BCUT2D eigenvalue weighted by atomic mass is 9.91. The number of H-pyrrole nitrogens is 1. The molecular weight excluding hydrogens is 670 g/mol. The number of thioether (sulfide) groups is 1. The fourth-order valence-electron chi connectivity index (χ4n) is 6.44. The standard InChI is InChI=1S/C35H39BrClN5O2S/c1-24-4-11-28(12-5-24)45-35(34(44)38-14-3-15-41-18-16-40(2)17-19-41)21-32(43)42(23-25-6-8-26(36)9-7-25)33(35)30-22-39-31-20-27(37)10-13-29(30)31/h4-13,20,22,33,39H,3,14-19,21,23H2,1-2H3,(H,38,44). The van der Waals surface area contributed by atoms with E-state index < -0.39 is 10.8 Å². The number of rotatable bonds is 10. The number of likely N-dealkylation sites (N-methyl/N-ethyl adjacent to an activating group) is 1. The van der Waals surface area contributed by atoms with Crippen molar-refractivity contribution in [2.45, 2.75) is 42.0 Å². The van der Waals surface area contributed by atoms with Crippen LogP contribution in [0.3, 0.4) is 0 Å². The Kier molecular flexibility index (Phi) is 9.92. The number of nitrogens with one attached hydrogen (secondary N) is 2. The van der Waals surface area contributed by atoms with Crippen molar-refractivity contribution in [3.05, 3.63) is 99.1 Å². The van der Waals surface area contributed by atoms with Crippen LogP contribution in [0.25, 0.3) is 10.9 Å². The maximum Gasteiger partial charge on any atom is 0.239 e. The van der Waals surface area contributed by atoms with Gasteiger partial charge in [0.2, 0.25) is 11.8 Å². The highest BCUT2D eigenvalue weighted by Crippen LogP contribution is 2.54. The van der Waals surface area contributed by atoms with Gasteiger partial charge in [-0.05, 0) is 68.9 Å². The molecular formula is C35H39BrClN5O2S. The predicted molar refractivity (Wildman–Crippen MR) is 187 cm³/mol. The van der Waals surface area contributed by atoms with Crippen LogP contribution < -0.4 is 5.32 Å². The molecule has 7 nitrogen and oxygen atoms in total. The summed E-state index contributed by atoms with van der Waals surface area (Å²) in [7, 11) is 2.16. The number of carbonyl (C=O) groups excluding carboxylic acids is 2. The van der Waals surface area contributed by atoms with Gasteiger partial charge in [-0.15, -0.1) is 11.8 Å². The first-order valence-electron chi connectivity index (χ1n) is 15.5. The van der Waals surface area contributed by atoms with Gasteiger partial charge < -0.3 is 25.0 Å². The second-order valence-corrected chi connectivity index (χ2v) is 15.0. The van der Waals surface area contributed by atoms with E-state index >= 15 is 0 Å². The number of likely N-dealkylation sites (tertiary alicyclic amines) is 1. The molecule has 0 bridgehead atoms. The van der Waals surface area contributed by atoms with Crippen LogP contribution >= 0.6 is 39.3 Å². The lowest BCUT2D eigenvalue weighted by Crippen LogP contribution is -2.49. The number of nitrogens with zero attached hydrogens (tertiary/aromatic N) is 3. The lowest BCUT2D eigenvalue weighted by Gasteiger charge is -2.36. The average molecular weight is 709 g/mol. The minimum absolute atomic E-state index is 0.0431. The number of aromatic amines is 1. The van der Waals surface area contributed by atoms with E-state index in [2.05, 4.69) is 74.3 Å². The molecule has 1 aromatic heterocycles. The van der Waals surface area contributed by atoms with Gasteiger partial charge in [0.05, 0.1) is 12.5 Å². The van der Waals surface area contributed by atoms with Crippen molar-refractivity contribution < 1.29 is 9.59 Å². The van der Waals surface area contributed by atoms with Crippen molar-refractivity contribution in [2.24, 2.45) is 0 Å². The Morgan fingerprint density at radius 3 is 2.53 bits per heavy atom. The van der Waals surface area contributed by atoms with E-state index in [0.29, 0.717) is 18.1 Å². The van der Waals surface area contributed by atoms with E-state index in [4.69, 9.17) is 11.6 Å². The number of halogens is 2. The molecule has 2 atom stereocenters. The second-order valence-electron chi connectivity index (χ2n) is 12.2. The molecule has 0 aliphatic carbocycles. The van der Waals surface area contributed by atoms with Crippen molar-refractivity contribution in [1.82, 2.24) is 25.0 Å².